The lowest BCUT2D eigenvalue weighted by molar-refractivity contribution is 0.726. The standard InChI is InChI=1S/C19H23N5OS/c1-2-14-13-17(25)24-19(21-14)26-18(22-24)20-15-8-7-9-16(12-15)23-10-5-3-4-6-11-23/h7-9,12-13H,2-6,10-11H2,1H3,(H,20,22). The first-order chi connectivity index (χ1) is 12.7. The first-order valence-corrected chi connectivity index (χ1v) is 10.1. The highest BCUT2D eigenvalue weighted by molar-refractivity contribution is 7.20. The average Bonchev–Trinajstić information content (AvgIpc) is 2.87. The zero-order valence-corrected chi connectivity index (χ0v) is 15.8. The van der Waals surface area contributed by atoms with Crippen molar-refractivity contribution < 1.29 is 0 Å². The molecule has 3 heterocycles. The number of hydrogen-bond acceptors (Lipinski definition) is 6. The molecule has 1 saturated heterocycles. The molecule has 2 aromatic heterocycles. The van der Waals surface area contributed by atoms with Gasteiger partial charge in [0.2, 0.25) is 10.1 Å². The fourth-order valence-corrected chi connectivity index (χ4v) is 4.17. The molecule has 4 rings (SSSR count). The maximum Gasteiger partial charge on any atom is 0.275 e. The zero-order chi connectivity index (χ0) is 17.9. The average molecular weight is 369 g/mol. The van der Waals surface area contributed by atoms with Gasteiger partial charge in [-0.25, -0.2) is 4.98 Å². The topological polar surface area (TPSA) is 62.5 Å². The molecule has 1 fully saturated rings. The smallest absolute Gasteiger partial charge is 0.275 e. The maximum atomic E-state index is 12.2. The highest BCUT2D eigenvalue weighted by Crippen LogP contribution is 2.26. The molecule has 0 amide bonds. The molecule has 7 heteroatoms. The summed E-state index contributed by atoms with van der Waals surface area (Å²) >= 11 is 1.40. The molecule has 3 aromatic rings. The van der Waals surface area contributed by atoms with Gasteiger partial charge in [0.15, 0.2) is 0 Å². The van der Waals surface area contributed by atoms with E-state index in [0.29, 0.717) is 10.1 Å². The number of aromatic nitrogens is 3. The van der Waals surface area contributed by atoms with Gasteiger partial charge in [0, 0.05) is 36.2 Å². The summed E-state index contributed by atoms with van der Waals surface area (Å²) in [6.45, 7) is 4.22. The van der Waals surface area contributed by atoms with Gasteiger partial charge < -0.3 is 10.2 Å². The molecule has 1 aliphatic rings. The van der Waals surface area contributed by atoms with E-state index in [2.05, 4.69) is 38.5 Å². The van der Waals surface area contributed by atoms with Gasteiger partial charge in [-0.2, -0.15) is 4.52 Å². The number of nitrogens with zero attached hydrogens (tertiary/aromatic N) is 4. The van der Waals surface area contributed by atoms with Crippen molar-refractivity contribution in [3.63, 3.8) is 0 Å². The Balaban J connectivity index is 1.59. The van der Waals surface area contributed by atoms with E-state index >= 15 is 0 Å². The lowest BCUT2D eigenvalue weighted by atomic mass is 10.2. The van der Waals surface area contributed by atoms with Crippen LogP contribution in [0.3, 0.4) is 0 Å². The van der Waals surface area contributed by atoms with Gasteiger partial charge in [0.25, 0.3) is 5.56 Å². The van der Waals surface area contributed by atoms with Gasteiger partial charge in [-0.1, -0.05) is 37.2 Å². The Morgan fingerprint density at radius 1 is 1.15 bits per heavy atom. The largest absolute Gasteiger partial charge is 0.371 e. The molecule has 0 atom stereocenters. The molecule has 0 saturated carbocycles. The Bertz CT molecular complexity index is 956. The number of rotatable bonds is 4. The second-order valence-corrected chi connectivity index (χ2v) is 7.57. The summed E-state index contributed by atoms with van der Waals surface area (Å²) in [5.74, 6) is 0. The van der Waals surface area contributed by atoms with Gasteiger partial charge in [-0.05, 0) is 37.5 Å². The maximum absolute atomic E-state index is 12.2. The summed E-state index contributed by atoms with van der Waals surface area (Å²) in [6.07, 6.45) is 5.89. The molecule has 1 aromatic carbocycles. The molecule has 0 spiro atoms. The van der Waals surface area contributed by atoms with E-state index in [0.717, 1.165) is 30.9 Å². The summed E-state index contributed by atoms with van der Waals surface area (Å²) in [5.41, 5.74) is 2.89. The van der Waals surface area contributed by atoms with Crippen LogP contribution in [0.5, 0.6) is 0 Å². The Morgan fingerprint density at radius 3 is 2.73 bits per heavy atom. The number of nitrogens with one attached hydrogen (secondary N) is 1. The van der Waals surface area contributed by atoms with Crippen LogP contribution in [0, 0.1) is 0 Å². The van der Waals surface area contributed by atoms with Crippen molar-refractivity contribution in [3.8, 4) is 0 Å². The van der Waals surface area contributed by atoms with E-state index in [9.17, 15) is 4.79 Å². The fraction of sp³-hybridized carbons (Fsp3) is 0.421. The molecule has 1 N–H and O–H groups in total. The molecule has 0 radical (unpaired) electrons. The number of benzene rings is 1. The quantitative estimate of drug-likeness (QED) is 0.757. The van der Waals surface area contributed by atoms with E-state index in [1.54, 1.807) is 6.07 Å². The van der Waals surface area contributed by atoms with Crippen molar-refractivity contribution in [1.29, 1.82) is 0 Å². The fourth-order valence-electron chi connectivity index (χ4n) is 3.32. The third-order valence-corrected chi connectivity index (χ3v) is 5.55. The van der Waals surface area contributed by atoms with E-state index in [1.165, 1.54) is 47.2 Å². The van der Waals surface area contributed by atoms with Crippen molar-refractivity contribution in [2.45, 2.75) is 39.0 Å². The van der Waals surface area contributed by atoms with Crippen LogP contribution >= 0.6 is 11.3 Å². The molecule has 0 bridgehead atoms. The van der Waals surface area contributed by atoms with Crippen molar-refractivity contribution in [3.05, 3.63) is 46.4 Å². The van der Waals surface area contributed by atoms with Crippen molar-refractivity contribution >= 4 is 32.8 Å². The first-order valence-electron chi connectivity index (χ1n) is 9.25. The lowest BCUT2D eigenvalue weighted by Gasteiger charge is -2.23. The van der Waals surface area contributed by atoms with Crippen LogP contribution in [0.2, 0.25) is 0 Å². The van der Waals surface area contributed by atoms with Gasteiger partial charge >= 0.3 is 0 Å². The summed E-state index contributed by atoms with van der Waals surface area (Å²) in [6, 6.07) is 9.96. The number of aryl methyl sites for hydroxylation is 1. The molecule has 0 unspecified atom stereocenters. The van der Waals surface area contributed by atoms with Crippen molar-refractivity contribution in [1.82, 2.24) is 14.6 Å². The summed E-state index contributed by atoms with van der Waals surface area (Å²) in [5, 5.41) is 8.39. The van der Waals surface area contributed by atoms with E-state index in [1.807, 2.05) is 13.0 Å². The Kier molecular flexibility index (Phi) is 4.88. The highest BCUT2D eigenvalue weighted by atomic mass is 32.1. The molecule has 1 aliphatic heterocycles. The minimum absolute atomic E-state index is 0.130. The van der Waals surface area contributed by atoms with Crippen LogP contribution < -0.4 is 15.8 Å². The van der Waals surface area contributed by atoms with Gasteiger partial charge in [-0.15, -0.1) is 5.10 Å². The molecular weight excluding hydrogens is 346 g/mol. The van der Waals surface area contributed by atoms with Crippen LogP contribution in [-0.4, -0.2) is 27.7 Å². The monoisotopic (exact) mass is 369 g/mol. The highest BCUT2D eigenvalue weighted by Gasteiger charge is 2.12. The Morgan fingerprint density at radius 2 is 1.96 bits per heavy atom. The zero-order valence-electron chi connectivity index (χ0n) is 14.9. The van der Waals surface area contributed by atoms with Crippen molar-refractivity contribution in [2.75, 3.05) is 23.3 Å². The number of anilines is 3. The van der Waals surface area contributed by atoms with E-state index in [-0.39, 0.29) is 5.56 Å². The van der Waals surface area contributed by atoms with Crippen LogP contribution in [-0.2, 0) is 6.42 Å². The molecule has 26 heavy (non-hydrogen) atoms. The van der Waals surface area contributed by atoms with E-state index < -0.39 is 0 Å². The SMILES string of the molecule is CCc1cc(=O)n2nc(Nc3cccc(N4CCCCCC4)c3)sc2n1. The predicted octanol–water partition coefficient (Wildman–Crippen LogP) is 3.84. The minimum atomic E-state index is -0.130. The summed E-state index contributed by atoms with van der Waals surface area (Å²) in [4.78, 5) is 19.7. The number of hydrogen-bond donors (Lipinski definition) is 1. The molecule has 0 aliphatic carbocycles. The normalized spacial score (nSPS) is 15.2. The minimum Gasteiger partial charge on any atom is -0.371 e. The van der Waals surface area contributed by atoms with Crippen LogP contribution in [0.1, 0.15) is 38.3 Å². The summed E-state index contributed by atoms with van der Waals surface area (Å²) < 4.78 is 1.37. The Labute approximate surface area is 156 Å². The summed E-state index contributed by atoms with van der Waals surface area (Å²) in [7, 11) is 0. The second kappa shape index (κ2) is 7.45. The second-order valence-electron chi connectivity index (χ2n) is 6.62. The molecule has 136 valence electrons. The first kappa shape index (κ1) is 17.0. The Hall–Kier alpha value is -2.41. The van der Waals surface area contributed by atoms with Gasteiger partial charge in [-0.3, -0.25) is 4.79 Å². The van der Waals surface area contributed by atoms with Crippen molar-refractivity contribution in [2.24, 2.45) is 0 Å². The molecule has 6 nitrogen and oxygen atoms in total. The van der Waals surface area contributed by atoms with Crippen LogP contribution in [0.15, 0.2) is 35.1 Å². The molecular formula is C19H23N5OS. The lowest BCUT2D eigenvalue weighted by Crippen LogP contribution is -2.23. The predicted molar refractivity (Wildman–Crippen MR) is 107 cm³/mol. The third-order valence-electron chi connectivity index (χ3n) is 4.73. The van der Waals surface area contributed by atoms with E-state index in [4.69, 9.17) is 0 Å². The van der Waals surface area contributed by atoms with Crippen LogP contribution in [0.4, 0.5) is 16.5 Å². The van der Waals surface area contributed by atoms with Gasteiger partial charge in [0.05, 0.1) is 0 Å². The van der Waals surface area contributed by atoms with Gasteiger partial charge in [0.1, 0.15) is 0 Å². The third kappa shape index (κ3) is 3.58. The van der Waals surface area contributed by atoms with Crippen LogP contribution in [0.25, 0.3) is 4.96 Å². The number of fused-ring (bicyclic) bond motifs is 1.